The van der Waals surface area contributed by atoms with Crippen LogP contribution in [0.5, 0.6) is 0 Å². The van der Waals surface area contributed by atoms with Crippen molar-refractivity contribution in [2.45, 2.75) is 19.9 Å². The summed E-state index contributed by atoms with van der Waals surface area (Å²) in [5.74, 6) is 0. The van der Waals surface area contributed by atoms with Crippen molar-refractivity contribution in [3.63, 3.8) is 0 Å². The molecule has 0 fully saturated rings. The molecule has 0 spiro atoms. The van der Waals surface area contributed by atoms with Crippen LogP contribution in [-0.4, -0.2) is 16.3 Å². The summed E-state index contributed by atoms with van der Waals surface area (Å²) in [7, 11) is 1.97. The van der Waals surface area contributed by atoms with Crippen molar-refractivity contribution < 1.29 is 0 Å². The molecule has 0 radical (unpaired) electrons. The van der Waals surface area contributed by atoms with Gasteiger partial charge < -0.3 is 5.32 Å². The second kappa shape index (κ2) is 6.03. The minimum Gasteiger partial charge on any atom is -0.312 e. The van der Waals surface area contributed by atoms with Crippen molar-refractivity contribution in [2.24, 2.45) is 7.05 Å². The largest absolute Gasteiger partial charge is 0.312 e. The van der Waals surface area contributed by atoms with Gasteiger partial charge in [-0.3, -0.25) is 4.68 Å². The van der Waals surface area contributed by atoms with Gasteiger partial charge in [-0.2, -0.15) is 5.10 Å². The molecule has 0 aliphatic heterocycles. The van der Waals surface area contributed by atoms with Gasteiger partial charge in [0.2, 0.25) is 0 Å². The van der Waals surface area contributed by atoms with E-state index in [0.717, 1.165) is 24.5 Å². The molecule has 0 amide bonds. The first-order chi connectivity index (χ1) is 8.66. The molecule has 18 heavy (non-hydrogen) atoms. The standard InChI is InChI=1S/C14H18ClN3/c1-11-9-13(15)4-3-12(11)10-16-7-5-14-6-8-17-18(14)2/h3-4,6,8-9,16H,5,7,10H2,1-2H3. The molecule has 96 valence electrons. The Morgan fingerprint density at radius 3 is 2.83 bits per heavy atom. The Labute approximate surface area is 113 Å². The van der Waals surface area contributed by atoms with Gasteiger partial charge in [0, 0.05) is 43.5 Å². The molecule has 0 saturated heterocycles. The fourth-order valence-corrected chi connectivity index (χ4v) is 2.17. The minimum atomic E-state index is 0.797. The van der Waals surface area contributed by atoms with E-state index in [1.807, 2.05) is 30.1 Å². The van der Waals surface area contributed by atoms with Crippen LogP contribution in [-0.2, 0) is 20.0 Å². The molecule has 3 nitrogen and oxygen atoms in total. The number of rotatable bonds is 5. The van der Waals surface area contributed by atoms with Gasteiger partial charge in [0.1, 0.15) is 0 Å². The lowest BCUT2D eigenvalue weighted by Gasteiger charge is -2.08. The lowest BCUT2D eigenvalue weighted by Crippen LogP contribution is -2.18. The van der Waals surface area contributed by atoms with E-state index in [4.69, 9.17) is 11.6 Å². The monoisotopic (exact) mass is 263 g/mol. The zero-order chi connectivity index (χ0) is 13.0. The van der Waals surface area contributed by atoms with Gasteiger partial charge >= 0.3 is 0 Å². The molecule has 1 aromatic carbocycles. The van der Waals surface area contributed by atoms with E-state index in [2.05, 4.69) is 29.5 Å². The third kappa shape index (κ3) is 3.34. The fraction of sp³-hybridized carbons (Fsp3) is 0.357. The van der Waals surface area contributed by atoms with E-state index in [1.54, 1.807) is 0 Å². The predicted molar refractivity (Wildman–Crippen MR) is 74.8 cm³/mol. The number of hydrogen-bond donors (Lipinski definition) is 1. The SMILES string of the molecule is Cc1cc(Cl)ccc1CNCCc1ccnn1C. The number of aryl methyl sites for hydroxylation is 2. The van der Waals surface area contributed by atoms with E-state index in [1.165, 1.54) is 16.8 Å². The number of nitrogens with one attached hydrogen (secondary N) is 1. The van der Waals surface area contributed by atoms with Gasteiger partial charge in [-0.05, 0) is 36.2 Å². The summed E-state index contributed by atoms with van der Waals surface area (Å²) in [4.78, 5) is 0. The highest BCUT2D eigenvalue weighted by Gasteiger charge is 2.00. The Bertz CT molecular complexity index is 520. The van der Waals surface area contributed by atoms with Gasteiger partial charge in [0.05, 0.1) is 0 Å². The zero-order valence-corrected chi connectivity index (χ0v) is 11.5. The van der Waals surface area contributed by atoms with E-state index < -0.39 is 0 Å². The Hall–Kier alpha value is -1.32. The number of hydrogen-bond acceptors (Lipinski definition) is 2. The molecule has 1 N–H and O–H groups in total. The first-order valence-corrected chi connectivity index (χ1v) is 6.47. The number of nitrogens with zero attached hydrogens (tertiary/aromatic N) is 2. The number of aromatic nitrogens is 2. The van der Waals surface area contributed by atoms with Gasteiger partial charge in [0.25, 0.3) is 0 Å². The Balaban J connectivity index is 1.80. The van der Waals surface area contributed by atoms with E-state index in [0.29, 0.717) is 0 Å². The fourth-order valence-electron chi connectivity index (χ4n) is 1.94. The van der Waals surface area contributed by atoms with Gasteiger partial charge in [0.15, 0.2) is 0 Å². The molecule has 0 atom stereocenters. The summed E-state index contributed by atoms with van der Waals surface area (Å²) < 4.78 is 1.91. The summed E-state index contributed by atoms with van der Waals surface area (Å²) in [6.45, 7) is 3.91. The van der Waals surface area contributed by atoms with Crippen molar-refractivity contribution in [2.75, 3.05) is 6.54 Å². The maximum Gasteiger partial charge on any atom is 0.0492 e. The summed E-state index contributed by atoms with van der Waals surface area (Å²) in [5.41, 5.74) is 3.77. The number of halogens is 1. The normalized spacial score (nSPS) is 10.8. The molecular weight excluding hydrogens is 246 g/mol. The third-order valence-corrected chi connectivity index (χ3v) is 3.34. The van der Waals surface area contributed by atoms with Crippen LogP contribution >= 0.6 is 11.6 Å². The van der Waals surface area contributed by atoms with Crippen LogP contribution in [0.4, 0.5) is 0 Å². The summed E-state index contributed by atoms with van der Waals surface area (Å²) in [5, 5.41) is 8.39. The second-order valence-corrected chi connectivity index (χ2v) is 4.88. The highest BCUT2D eigenvalue weighted by molar-refractivity contribution is 6.30. The quantitative estimate of drug-likeness (QED) is 0.841. The predicted octanol–water partition coefficient (Wildman–Crippen LogP) is 2.71. The lowest BCUT2D eigenvalue weighted by atomic mass is 10.1. The zero-order valence-electron chi connectivity index (χ0n) is 10.8. The average Bonchev–Trinajstić information content (AvgIpc) is 2.73. The molecule has 4 heteroatoms. The molecule has 0 unspecified atom stereocenters. The van der Waals surface area contributed by atoms with Crippen LogP contribution in [0.15, 0.2) is 30.5 Å². The molecule has 2 aromatic rings. The molecular formula is C14H18ClN3. The molecule has 1 aromatic heterocycles. The summed E-state index contributed by atoms with van der Waals surface area (Å²) in [6.07, 6.45) is 2.82. The first kappa shape index (κ1) is 13.1. The Morgan fingerprint density at radius 1 is 1.33 bits per heavy atom. The van der Waals surface area contributed by atoms with Crippen molar-refractivity contribution in [1.82, 2.24) is 15.1 Å². The second-order valence-electron chi connectivity index (χ2n) is 4.44. The molecule has 0 saturated carbocycles. The van der Waals surface area contributed by atoms with E-state index >= 15 is 0 Å². The smallest absolute Gasteiger partial charge is 0.0492 e. The topological polar surface area (TPSA) is 29.9 Å². The molecule has 0 aliphatic carbocycles. The highest BCUT2D eigenvalue weighted by atomic mass is 35.5. The van der Waals surface area contributed by atoms with Crippen molar-refractivity contribution in [3.05, 3.63) is 52.3 Å². The highest BCUT2D eigenvalue weighted by Crippen LogP contribution is 2.14. The summed E-state index contributed by atoms with van der Waals surface area (Å²) in [6, 6.07) is 8.07. The van der Waals surface area contributed by atoms with E-state index in [9.17, 15) is 0 Å². The van der Waals surface area contributed by atoms with Crippen LogP contribution in [0.3, 0.4) is 0 Å². The van der Waals surface area contributed by atoms with Crippen molar-refractivity contribution in [3.8, 4) is 0 Å². The Morgan fingerprint density at radius 2 is 2.17 bits per heavy atom. The Kier molecular flexibility index (Phi) is 4.39. The van der Waals surface area contributed by atoms with Crippen LogP contribution in [0.2, 0.25) is 5.02 Å². The minimum absolute atomic E-state index is 0.797. The number of benzene rings is 1. The van der Waals surface area contributed by atoms with E-state index in [-0.39, 0.29) is 0 Å². The van der Waals surface area contributed by atoms with Gasteiger partial charge in [-0.15, -0.1) is 0 Å². The summed E-state index contributed by atoms with van der Waals surface area (Å²) >= 11 is 5.93. The van der Waals surface area contributed by atoms with Crippen molar-refractivity contribution in [1.29, 1.82) is 0 Å². The van der Waals surface area contributed by atoms with Crippen LogP contribution in [0.1, 0.15) is 16.8 Å². The maximum absolute atomic E-state index is 5.93. The van der Waals surface area contributed by atoms with Crippen molar-refractivity contribution >= 4 is 11.6 Å². The third-order valence-electron chi connectivity index (χ3n) is 3.10. The van der Waals surface area contributed by atoms with Gasteiger partial charge in [-0.1, -0.05) is 17.7 Å². The maximum atomic E-state index is 5.93. The average molecular weight is 264 g/mol. The van der Waals surface area contributed by atoms with Crippen LogP contribution in [0, 0.1) is 6.92 Å². The molecule has 2 rings (SSSR count). The molecule has 0 aliphatic rings. The molecule has 1 heterocycles. The van der Waals surface area contributed by atoms with Crippen LogP contribution in [0.25, 0.3) is 0 Å². The lowest BCUT2D eigenvalue weighted by molar-refractivity contribution is 0.642. The van der Waals surface area contributed by atoms with Gasteiger partial charge in [-0.25, -0.2) is 0 Å². The van der Waals surface area contributed by atoms with Crippen LogP contribution < -0.4 is 5.32 Å². The first-order valence-electron chi connectivity index (χ1n) is 6.09. The molecule has 0 bridgehead atoms.